The summed E-state index contributed by atoms with van der Waals surface area (Å²) >= 11 is 3.60. The maximum Gasteiger partial charge on any atom is 0.0253 e. The Morgan fingerprint density at radius 1 is 1.06 bits per heavy atom. The van der Waals surface area contributed by atoms with Crippen LogP contribution in [0.15, 0.2) is 40.9 Å². The van der Waals surface area contributed by atoms with Crippen LogP contribution in [0.1, 0.15) is 18.4 Å². The van der Waals surface area contributed by atoms with Crippen LogP contribution in [0.5, 0.6) is 0 Å². The fourth-order valence-electron chi connectivity index (χ4n) is 2.59. The van der Waals surface area contributed by atoms with E-state index in [1.54, 1.807) is 0 Å². The van der Waals surface area contributed by atoms with Gasteiger partial charge in [0.1, 0.15) is 0 Å². The first-order valence-corrected chi connectivity index (χ1v) is 7.02. The number of benzene rings is 2. The van der Waals surface area contributed by atoms with Gasteiger partial charge < -0.3 is 0 Å². The van der Waals surface area contributed by atoms with Gasteiger partial charge in [0, 0.05) is 11.0 Å². The molecule has 2 aromatic carbocycles. The standard InChI is InChI=1S/C15H16BrN/c16-15-5-3-4-13-10-12(6-7-14(13)15)11-17-8-1-2-9-17/h3-7,10H,1-2,8-9,11H2. The van der Waals surface area contributed by atoms with Gasteiger partial charge in [0.2, 0.25) is 0 Å². The van der Waals surface area contributed by atoms with Crippen LogP contribution in [0, 0.1) is 0 Å². The van der Waals surface area contributed by atoms with Crippen LogP contribution in [-0.2, 0) is 6.54 Å². The minimum Gasteiger partial charge on any atom is -0.299 e. The quantitative estimate of drug-likeness (QED) is 0.801. The van der Waals surface area contributed by atoms with Crippen LogP contribution >= 0.6 is 15.9 Å². The summed E-state index contributed by atoms with van der Waals surface area (Å²) in [6.45, 7) is 3.62. The third-order valence-corrected chi connectivity index (χ3v) is 4.19. The van der Waals surface area contributed by atoms with Crippen molar-refractivity contribution >= 4 is 26.7 Å². The minimum absolute atomic E-state index is 1.10. The number of fused-ring (bicyclic) bond motifs is 1. The van der Waals surface area contributed by atoms with Crippen LogP contribution in [0.3, 0.4) is 0 Å². The average molecular weight is 290 g/mol. The summed E-state index contributed by atoms with van der Waals surface area (Å²) in [6, 6.07) is 13.2. The van der Waals surface area contributed by atoms with E-state index < -0.39 is 0 Å². The predicted octanol–water partition coefficient (Wildman–Crippen LogP) is 4.20. The lowest BCUT2D eigenvalue weighted by molar-refractivity contribution is 0.331. The van der Waals surface area contributed by atoms with Gasteiger partial charge in [0.25, 0.3) is 0 Å². The molecule has 0 unspecified atom stereocenters. The molecule has 0 saturated carbocycles. The normalized spacial score (nSPS) is 16.8. The topological polar surface area (TPSA) is 3.24 Å². The number of rotatable bonds is 2. The second-order valence-corrected chi connectivity index (χ2v) is 5.63. The smallest absolute Gasteiger partial charge is 0.0253 e. The Kier molecular flexibility index (Phi) is 3.17. The van der Waals surface area contributed by atoms with Gasteiger partial charge in [0.15, 0.2) is 0 Å². The van der Waals surface area contributed by atoms with Crippen molar-refractivity contribution in [2.24, 2.45) is 0 Å². The highest BCUT2D eigenvalue weighted by atomic mass is 79.9. The first-order chi connectivity index (χ1) is 8.33. The van der Waals surface area contributed by atoms with Crippen LogP contribution in [0.2, 0.25) is 0 Å². The molecule has 17 heavy (non-hydrogen) atoms. The number of likely N-dealkylation sites (tertiary alicyclic amines) is 1. The lowest BCUT2D eigenvalue weighted by Crippen LogP contribution is -2.18. The molecule has 0 amide bonds. The average Bonchev–Trinajstić information content (AvgIpc) is 2.82. The molecule has 0 atom stereocenters. The van der Waals surface area contributed by atoms with E-state index in [1.165, 1.54) is 46.7 Å². The van der Waals surface area contributed by atoms with Crippen molar-refractivity contribution in [3.63, 3.8) is 0 Å². The Morgan fingerprint density at radius 3 is 2.71 bits per heavy atom. The van der Waals surface area contributed by atoms with Gasteiger partial charge in [-0.15, -0.1) is 0 Å². The second kappa shape index (κ2) is 4.79. The van der Waals surface area contributed by atoms with Gasteiger partial charge in [0.05, 0.1) is 0 Å². The van der Waals surface area contributed by atoms with Gasteiger partial charge >= 0.3 is 0 Å². The summed E-state index contributed by atoms with van der Waals surface area (Å²) in [5, 5.41) is 2.63. The summed E-state index contributed by atoms with van der Waals surface area (Å²) in [6.07, 6.45) is 2.72. The van der Waals surface area contributed by atoms with Crippen molar-refractivity contribution in [1.29, 1.82) is 0 Å². The Balaban J connectivity index is 1.90. The van der Waals surface area contributed by atoms with Crippen molar-refractivity contribution in [3.8, 4) is 0 Å². The lowest BCUT2D eigenvalue weighted by Gasteiger charge is -2.15. The SMILES string of the molecule is Brc1cccc2cc(CN3CCCC3)ccc12. The van der Waals surface area contributed by atoms with E-state index in [0.717, 1.165) is 6.54 Å². The fraction of sp³-hybridized carbons (Fsp3) is 0.333. The molecule has 1 aliphatic heterocycles. The molecule has 0 N–H and O–H groups in total. The highest BCUT2D eigenvalue weighted by Gasteiger charge is 2.11. The van der Waals surface area contributed by atoms with Gasteiger partial charge in [-0.3, -0.25) is 4.90 Å². The summed E-state index contributed by atoms with van der Waals surface area (Å²) < 4.78 is 1.18. The van der Waals surface area contributed by atoms with E-state index in [-0.39, 0.29) is 0 Å². The maximum atomic E-state index is 3.60. The van der Waals surface area contributed by atoms with E-state index in [0.29, 0.717) is 0 Å². The molecule has 1 aliphatic rings. The summed E-state index contributed by atoms with van der Waals surface area (Å²) in [7, 11) is 0. The molecule has 1 heterocycles. The van der Waals surface area contributed by atoms with Crippen molar-refractivity contribution in [2.45, 2.75) is 19.4 Å². The highest BCUT2D eigenvalue weighted by Crippen LogP contribution is 2.25. The molecule has 0 bridgehead atoms. The Hall–Kier alpha value is -0.860. The van der Waals surface area contributed by atoms with Crippen LogP contribution in [0.25, 0.3) is 10.8 Å². The van der Waals surface area contributed by atoms with Crippen molar-refractivity contribution in [1.82, 2.24) is 4.90 Å². The van der Waals surface area contributed by atoms with E-state index in [4.69, 9.17) is 0 Å². The number of halogens is 1. The molecule has 0 aromatic heterocycles. The van der Waals surface area contributed by atoms with Crippen LogP contribution < -0.4 is 0 Å². The number of hydrogen-bond donors (Lipinski definition) is 0. The molecule has 0 radical (unpaired) electrons. The van der Waals surface area contributed by atoms with Crippen molar-refractivity contribution in [3.05, 3.63) is 46.4 Å². The summed E-state index contributed by atoms with van der Waals surface area (Å²) in [5.74, 6) is 0. The Morgan fingerprint density at radius 2 is 1.88 bits per heavy atom. The largest absolute Gasteiger partial charge is 0.299 e. The second-order valence-electron chi connectivity index (χ2n) is 4.78. The summed E-state index contributed by atoms with van der Waals surface area (Å²) in [4.78, 5) is 2.54. The third kappa shape index (κ3) is 2.38. The molecule has 88 valence electrons. The van der Waals surface area contributed by atoms with Gasteiger partial charge in [-0.2, -0.15) is 0 Å². The number of hydrogen-bond acceptors (Lipinski definition) is 1. The van der Waals surface area contributed by atoms with Crippen LogP contribution in [0.4, 0.5) is 0 Å². The minimum atomic E-state index is 1.10. The predicted molar refractivity (Wildman–Crippen MR) is 76.2 cm³/mol. The fourth-order valence-corrected chi connectivity index (χ4v) is 3.10. The maximum absolute atomic E-state index is 3.60. The number of nitrogens with zero attached hydrogens (tertiary/aromatic N) is 1. The molecular formula is C15H16BrN. The molecule has 1 fully saturated rings. The zero-order valence-electron chi connectivity index (χ0n) is 9.82. The Labute approximate surface area is 111 Å². The summed E-state index contributed by atoms with van der Waals surface area (Å²) in [5.41, 5.74) is 1.43. The first kappa shape index (κ1) is 11.2. The molecule has 0 spiro atoms. The molecule has 2 heteroatoms. The molecule has 3 rings (SSSR count). The van der Waals surface area contributed by atoms with Crippen molar-refractivity contribution < 1.29 is 0 Å². The molecule has 2 aromatic rings. The zero-order chi connectivity index (χ0) is 11.7. The van der Waals surface area contributed by atoms with E-state index in [2.05, 4.69) is 57.2 Å². The van der Waals surface area contributed by atoms with Crippen molar-refractivity contribution in [2.75, 3.05) is 13.1 Å². The molecule has 1 saturated heterocycles. The molecule has 0 aliphatic carbocycles. The Bertz CT molecular complexity index is 529. The third-order valence-electron chi connectivity index (χ3n) is 3.50. The lowest BCUT2D eigenvalue weighted by atomic mass is 10.1. The first-order valence-electron chi connectivity index (χ1n) is 6.22. The van der Waals surface area contributed by atoms with Gasteiger partial charge in [-0.05, 0) is 54.4 Å². The van der Waals surface area contributed by atoms with E-state index >= 15 is 0 Å². The van der Waals surface area contributed by atoms with E-state index in [1.807, 2.05) is 0 Å². The highest BCUT2D eigenvalue weighted by molar-refractivity contribution is 9.10. The van der Waals surface area contributed by atoms with E-state index in [9.17, 15) is 0 Å². The van der Waals surface area contributed by atoms with Gasteiger partial charge in [-0.1, -0.05) is 40.2 Å². The van der Waals surface area contributed by atoms with Gasteiger partial charge in [-0.25, -0.2) is 0 Å². The zero-order valence-corrected chi connectivity index (χ0v) is 11.4. The molecule has 1 nitrogen and oxygen atoms in total. The van der Waals surface area contributed by atoms with Crippen LogP contribution in [-0.4, -0.2) is 18.0 Å². The molecular weight excluding hydrogens is 274 g/mol. The monoisotopic (exact) mass is 289 g/mol.